The summed E-state index contributed by atoms with van der Waals surface area (Å²) in [4.78, 5) is 5.14. The largest absolute Gasteiger partial charge is 0.438 e. The summed E-state index contributed by atoms with van der Waals surface area (Å²) in [5.74, 6) is 1.59. The first-order valence-electron chi connectivity index (χ1n) is 12.6. The van der Waals surface area contributed by atoms with E-state index in [1.54, 1.807) is 0 Å². The van der Waals surface area contributed by atoms with E-state index in [1.807, 2.05) is 28.9 Å². The molecular weight excluding hydrogens is 442 g/mol. The number of benzene rings is 4. The number of pyridine rings is 1. The Balaban J connectivity index is 1.54. The third-order valence-electron chi connectivity index (χ3n) is 7.10. The Labute approximate surface area is 209 Å². The van der Waals surface area contributed by atoms with Crippen molar-refractivity contribution >= 4 is 21.8 Å². The molecule has 0 bridgehead atoms. The first-order valence-corrected chi connectivity index (χ1v) is 12.6. The van der Waals surface area contributed by atoms with Gasteiger partial charge in [-0.15, -0.1) is 0 Å². The molecule has 174 valence electrons. The van der Waals surface area contributed by atoms with Crippen molar-refractivity contribution in [3.8, 4) is 28.6 Å². The third-order valence-corrected chi connectivity index (χ3v) is 7.10. The Hall–Kier alpha value is -4.44. The van der Waals surface area contributed by atoms with Crippen molar-refractivity contribution in [3.63, 3.8) is 0 Å². The normalized spacial score (nSPS) is 12.4. The molecule has 1 aliphatic heterocycles. The van der Waals surface area contributed by atoms with E-state index in [-0.39, 0.29) is 0 Å². The van der Waals surface area contributed by atoms with Gasteiger partial charge in [0.2, 0.25) is 5.88 Å². The van der Waals surface area contributed by atoms with Gasteiger partial charge in [0.1, 0.15) is 11.4 Å². The molecular formula is C32H25N3O. The van der Waals surface area contributed by atoms with Crippen LogP contribution in [0.15, 0.2) is 97.1 Å². The summed E-state index contributed by atoms with van der Waals surface area (Å²) >= 11 is 0. The second-order valence-corrected chi connectivity index (χ2v) is 9.33. The summed E-state index contributed by atoms with van der Waals surface area (Å²) in [7, 11) is 0. The maximum atomic E-state index is 6.53. The number of nitrogens with zero attached hydrogens (tertiary/aromatic N) is 3. The maximum Gasteiger partial charge on any atom is 0.225 e. The number of hydrogen-bond acceptors (Lipinski definition) is 3. The highest BCUT2D eigenvalue weighted by Crippen LogP contribution is 2.44. The van der Waals surface area contributed by atoms with Gasteiger partial charge in [-0.2, -0.15) is 10.1 Å². The highest BCUT2D eigenvalue weighted by Gasteiger charge is 2.28. The number of hydrogen-bond donors (Lipinski definition) is 0. The smallest absolute Gasteiger partial charge is 0.225 e. The average Bonchev–Trinajstić information content (AvgIpc) is 3.32. The molecule has 0 amide bonds. The lowest BCUT2D eigenvalue weighted by Gasteiger charge is -2.24. The van der Waals surface area contributed by atoms with Crippen LogP contribution in [-0.2, 0) is 12.8 Å². The molecule has 0 atom stereocenters. The Kier molecular flexibility index (Phi) is 4.84. The monoisotopic (exact) mass is 467 g/mol. The van der Waals surface area contributed by atoms with Crippen LogP contribution in [0.2, 0.25) is 0 Å². The lowest BCUT2D eigenvalue weighted by atomic mass is 9.90. The zero-order valence-corrected chi connectivity index (χ0v) is 20.1. The van der Waals surface area contributed by atoms with E-state index in [0.29, 0.717) is 5.88 Å². The number of para-hydroxylation sites is 1. The van der Waals surface area contributed by atoms with Crippen LogP contribution in [0.3, 0.4) is 0 Å². The van der Waals surface area contributed by atoms with Gasteiger partial charge in [0.25, 0.3) is 0 Å². The Morgan fingerprint density at radius 3 is 2.36 bits per heavy atom. The van der Waals surface area contributed by atoms with Crippen LogP contribution in [0.25, 0.3) is 38.8 Å². The van der Waals surface area contributed by atoms with Crippen LogP contribution in [0.4, 0.5) is 0 Å². The molecule has 0 radical (unpaired) electrons. The molecule has 4 aromatic carbocycles. The van der Waals surface area contributed by atoms with E-state index in [4.69, 9.17) is 14.8 Å². The van der Waals surface area contributed by atoms with E-state index in [9.17, 15) is 0 Å². The number of ether oxygens (including phenoxy) is 1. The van der Waals surface area contributed by atoms with Crippen LogP contribution in [0, 0.1) is 0 Å². The second-order valence-electron chi connectivity index (χ2n) is 9.33. The van der Waals surface area contributed by atoms with Crippen LogP contribution in [-0.4, -0.2) is 14.8 Å². The fraction of sp³-hybridized carbons (Fsp3) is 0.125. The molecule has 0 aliphatic carbocycles. The number of rotatable bonds is 4. The van der Waals surface area contributed by atoms with E-state index in [1.165, 1.54) is 27.5 Å². The van der Waals surface area contributed by atoms with Crippen molar-refractivity contribution in [3.05, 3.63) is 114 Å². The molecule has 0 fully saturated rings. The standard InChI is InChI=1S/C32H25N3O/c1-2-11-25-27-20-26-24-17-10-9-12-21(24)18-19-28(26)36-32(27)33-31-29(25)30(22-13-5-3-6-14-22)34-35(31)23-15-7-4-8-16-23/h3-10,12-19H,2,11,20H2,1H3. The van der Waals surface area contributed by atoms with Crippen molar-refractivity contribution < 1.29 is 4.74 Å². The van der Waals surface area contributed by atoms with E-state index < -0.39 is 0 Å². The summed E-state index contributed by atoms with van der Waals surface area (Å²) in [6.45, 7) is 2.23. The van der Waals surface area contributed by atoms with Gasteiger partial charge < -0.3 is 4.74 Å². The molecule has 6 aromatic rings. The topological polar surface area (TPSA) is 39.9 Å². The highest BCUT2D eigenvalue weighted by atomic mass is 16.5. The average molecular weight is 468 g/mol. The summed E-state index contributed by atoms with van der Waals surface area (Å²) in [6, 6.07) is 33.4. The molecule has 3 heterocycles. The van der Waals surface area contributed by atoms with Gasteiger partial charge >= 0.3 is 0 Å². The molecule has 7 rings (SSSR count). The zero-order chi connectivity index (χ0) is 24.1. The maximum absolute atomic E-state index is 6.53. The summed E-state index contributed by atoms with van der Waals surface area (Å²) in [6.07, 6.45) is 2.76. The summed E-state index contributed by atoms with van der Waals surface area (Å²) in [5, 5.41) is 8.74. The quantitative estimate of drug-likeness (QED) is 0.264. The van der Waals surface area contributed by atoms with Crippen molar-refractivity contribution in [1.29, 1.82) is 0 Å². The predicted molar refractivity (Wildman–Crippen MR) is 145 cm³/mol. The molecule has 0 saturated carbocycles. The lowest BCUT2D eigenvalue weighted by molar-refractivity contribution is 0.442. The van der Waals surface area contributed by atoms with Crippen LogP contribution in [0.5, 0.6) is 11.6 Å². The van der Waals surface area contributed by atoms with E-state index in [2.05, 4.69) is 79.7 Å². The Bertz CT molecular complexity index is 1740. The number of fused-ring (bicyclic) bond motifs is 5. The van der Waals surface area contributed by atoms with Gasteiger partial charge in [-0.05, 0) is 41.0 Å². The fourth-order valence-corrected chi connectivity index (χ4v) is 5.45. The van der Waals surface area contributed by atoms with Gasteiger partial charge in [-0.1, -0.05) is 92.2 Å². The van der Waals surface area contributed by atoms with Gasteiger partial charge in [0.05, 0.1) is 11.1 Å². The highest BCUT2D eigenvalue weighted by molar-refractivity contribution is 5.97. The molecule has 36 heavy (non-hydrogen) atoms. The van der Waals surface area contributed by atoms with E-state index >= 15 is 0 Å². The summed E-state index contributed by atoms with van der Waals surface area (Å²) < 4.78 is 8.50. The molecule has 0 spiro atoms. The molecule has 0 N–H and O–H groups in total. The first kappa shape index (κ1) is 20.9. The second kappa shape index (κ2) is 8.35. The lowest BCUT2D eigenvalue weighted by Crippen LogP contribution is -2.10. The van der Waals surface area contributed by atoms with Gasteiger partial charge in [-0.25, -0.2) is 4.68 Å². The van der Waals surface area contributed by atoms with Crippen molar-refractivity contribution in [1.82, 2.24) is 14.8 Å². The minimum Gasteiger partial charge on any atom is -0.438 e. The SMILES string of the molecule is CCCc1c2c(nc3c1c(-c1ccccc1)nn3-c1ccccc1)Oc1ccc3ccccc3c1C2. The van der Waals surface area contributed by atoms with E-state index in [0.717, 1.165) is 53.0 Å². The molecule has 4 heteroatoms. The molecule has 2 aromatic heterocycles. The van der Waals surface area contributed by atoms with Gasteiger partial charge in [-0.3, -0.25) is 0 Å². The molecule has 1 aliphatic rings. The fourth-order valence-electron chi connectivity index (χ4n) is 5.45. The predicted octanol–water partition coefficient (Wildman–Crippen LogP) is 7.89. The number of aryl methyl sites for hydroxylation is 1. The van der Waals surface area contributed by atoms with Gasteiger partial charge in [0, 0.05) is 23.1 Å². The van der Waals surface area contributed by atoms with Crippen LogP contribution < -0.4 is 4.74 Å². The van der Waals surface area contributed by atoms with Gasteiger partial charge in [0.15, 0.2) is 5.65 Å². The van der Waals surface area contributed by atoms with Crippen LogP contribution in [0.1, 0.15) is 30.0 Å². The van der Waals surface area contributed by atoms with Crippen molar-refractivity contribution in [2.24, 2.45) is 0 Å². The minimum absolute atomic E-state index is 0.699. The van der Waals surface area contributed by atoms with Crippen LogP contribution >= 0.6 is 0 Å². The molecule has 0 saturated heterocycles. The minimum atomic E-state index is 0.699. The van der Waals surface area contributed by atoms with Crippen molar-refractivity contribution in [2.75, 3.05) is 0 Å². The summed E-state index contributed by atoms with van der Waals surface area (Å²) in [5.41, 5.74) is 7.59. The third kappa shape index (κ3) is 3.22. The van der Waals surface area contributed by atoms with Crippen molar-refractivity contribution in [2.45, 2.75) is 26.2 Å². The zero-order valence-electron chi connectivity index (χ0n) is 20.1. The Morgan fingerprint density at radius 2 is 1.56 bits per heavy atom. The Morgan fingerprint density at radius 1 is 0.806 bits per heavy atom. The number of aromatic nitrogens is 3. The first-order chi connectivity index (χ1) is 17.8. The molecule has 0 unspecified atom stereocenters. The molecule has 4 nitrogen and oxygen atoms in total.